The second-order valence-corrected chi connectivity index (χ2v) is 7.94. The van der Waals surface area contributed by atoms with Gasteiger partial charge in [0.2, 0.25) is 0 Å². The molecule has 0 N–H and O–H groups in total. The molecule has 146 valence electrons. The van der Waals surface area contributed by atoms with E-state index in [1.165, 1.54) is 32.3 Å². The van der Waals surface area contributed by atoms with Crippen LogP contribution in [-0.2, 0) is 0 Å². The Balaban J connectivity index is 1.62. The molecule has 0 saturated carbocycles. The summed E-state index contributed by atoms with van der Waals surface area (Å²) < 4.78 is 0. The molecule has 0 aliphatic carbocycles. The highest BCUT2D eigenvalue weighted by atomic mass is 14.9. The van der Waals surface area contributed by atoms with E-state index < -0.39 is 0 Å². The molecule has 0 aliphatic heterocycles. The van der Waals surface area contributed by atoms with Gasteiger partial charge in [0.25, 0.3) is 0 Å². The van der Waals surface area contributed by atoms with E-state index in [9.17, 15) is 0 Å². The Kier molecular flexibility index (Phi) is 4.03. The first-order valence-electron chi connectivity index (χ1n) is 10.5. The summed E-state index contributed by atoms with van der Waals surface area (Å²) in [5, 5.41) is 7.59. The molecular formula is C29H20N2. The van der Waals surface area contributed by atoms with Gasteiger partial charge in [-0.2, -0.15) is 0 Å². The zero-order chi connectivity index (χ0) is 20.8. The molecule has 2 heteroatoms. The summed E-state index contributed by atoms with van der Waals surface area (Å²) in [5.74, 6) is 0.753. The van der Waals surface area contributed by atoms with Gasteiger partial charge in [-0.05, 0) is 50.9 Å². The number of nitrogens with zero attached hydrogens (tertiary/aromatic N) is 2. The third kappa shape index (κ3) is 2.88. The molecule has 1 aromatic heterocycles. The van der Waals surface area contributed by atoms with Crippen LogP contribution in [0.15, 0.2) is 103 Å². The molecule has 6 aromatic rings. The lowest BCUT2D eigenvalue weighted by atomic mass is 9.93. The van der Waals surface area contributed by atoms with Crippen LogP contribution in [0, 0.1) is 6.92 Å². The van der Waals surface area contributed by atoms with Crippen LogP contribution in [0.1, 0.15) is 5.56 Å². The predicted molar refractivity (Wildman–Crippen MR) is 130 cm³/mol. The van der Waals surface area contributed by atoms with Crippen molar-refractivity contribution in [3.63, 3.8) is 0 Å². The van der Waals surface area contributed by atoms with Gasteiger partial charge in [-0.15, -0.1) is 0 Å². The van der Waals surface area contributed by atoms with Crippen LogP contribution in [0.5, 0.6) is 0 Å². The summed E-state index contributed by atoms with van der Waals surface area (Å²) in [6, 6.07) is 34.2. The van der Waals surface area contributed by atoms with E-state index in [2.05, 4.69) is 90.8 Å². The standard InChI is InChI=1S/C29H20N2/c1-19-18-30-29(31-28(19)20-9-3-2-4-10-20)21-15-16-26-24-13-6-5-11-22(24)23-12-7-8-14-25(23)27(26)17-21/h2-18H,1H3. The molecule has 0 atom stereocenters. The van der Waals surface area contributed by atoms with Gasteiger partial charge in [-0.25, -0.2) is 9.97 Å². The van der Waals surface area contributed by atoms with Crippen molar-refractivity contribution in [1.82, 2.24) is 9.97 Å². The molecule has 2 nitrogen and oxygen atoms in total. The molecule has 0 amide bonds. The van der Waals surface area contributed by atoms with Crippen LogP contribution in [0.2, 0.25) is 0 Å². The van der Waals surface area contributed by atoms with Crippen LogP contribution < -0.4 is 0 Å². The third-order valence-corrected chi connectivity index (χ3v) is 6.02. The van der Waals surface area contributed by atoms with Crippen LogP contribution in [0.3, 0.4) is 0 Å². The predicted octanol–water partition coefficient (Wildman–Crippen LogP) is 7.58. The van der Waals surface area contributed by atoms with Crippen molar-refractivity contribution >= 4 is 32.3 Å². The molecule has 5 aromatic carbocycles. The number of rotatable bonds is 2. The fourth-order valence-electron chi connectivity index (χ4n) is 4.52. The van der Waals surface area contributed by atoms with E-state index in [4.69, 9.17) is 4.98 Å². The largest absolute Gasteiger partial charge is 0.236 e. The van der Waals surface area contributed by atoms with Gasteiger partial charge >= 0.3 is 0 Å². The molecule has 0 radical (unpaired) electrons. The molecular weight excluding hydrogens is 376 g/mol. The summed E-state index contributed by atoms with van der Waals surface area (Å²) in [5.41, 5.74) is 4.20. The molecule has 0 aliphatic rings. The fraction of sp³-hybridized carbons (Fsp3) is 0.0345. The number of fused-ring (bicyclic) bond motifs is 6. The molecule has 31 heavy (non-hydrogen) atoms. The Hall–Kier alpha value is -4.04. The number of aryl methyl sites for hydroxylation is 1. The quantitative estimate of drug-likeness (QED) is 0.282. The Bertz CT molecular complexity index is 1550. The SMILES string of the molecule is Cc1cnc(-c2ccc3c4ccccc4c4ccccc4c3c2)nc1-c1ccccc1. The number of aromatic nitrogens is 2. The highest BCUT2D eigenvalue weighted by Gasteiger charge is 2.12. The number of hydrogen-bond acceptors (Lipinski definition) is 2. The van der Waals surface area contributed by atoms with Gasteiger partial charge in [0.15, 0.2) is 5.82 Å². The lowest BCUT2D eigenvalue weighted by Crippen LogP contribution is -1.95. The minimum absolute atomic E-state index is 0.753. The van der Waals surface area contributed by atoms with Crippen LogP contribution in [0.25, 0.3) is 55.0 Å². The molecule has 0 saturated heterocycles. The van der Waals surface area contributed by atoms with E-state index in [1.54, 1.807) is 0 Å². The van der Waals surface area contributed by atoms with Gasteiger partial charge in [0, 0.05) is 17.3 Å². The molecule has 0 fully saturated rings. The van der Waals surface area contributed by atoms with Crippen LogP contribution >= 0.6 is 0 Å². The normalized spacial score (nSPS) is 11.4. The summed E-state index contributed by atoms with van der Waals surface area (Å²) in [6.45, 7) is 2.06. The Labute approximate surface area is 180 Å². The van der Waals surface area contributed by atoms with Crippen molar-refractivity contribution in [3.05, 3.63) is 109 Å². The third-order valence-electron chi connectivity index (χ3n) is 6.02. The van der Waals surface area contributed by atoms with E-state index >= 15 is 0 Å². The monoisotopic (exact) mass is 396 g/mol. The van der Waals surface area contributed by atoms with E-state index in [1.807, 2.05) is 24.4 Å². The second-order valence-electron chi connectivity index (χ2n) is 7.94. The first kappa shape index (κ1) is 17.8. The van der Waals surface area contributed by atoms with Gasteiger partial charge in [0.05, 0.1) is 5.69 Å². The topological polar surface area (TPSA) is 25.8 Å². The Morgan fingerprint density at radius 3 is 1.71 bits per heavy atom. The molecule has 0 bridgehead atoms. The first-order valence-corrected chi connectivity index (χ1v) is 10.5. The van der Waals surface area contributed by atoms with E-state index in [0.29, 0.717) is 0 Å². The van der Waals surface area contributed by atoms with Crippen molar-refractivity contribution in [3.8, 4) is 22.6 Å². The van der Waals surface area contributed by atoms with Crippen molar-refractivity contribution in [2.45, 2.75) is 6.92 Å². The summed E-state index contributed by atoms with van der Waals surface area (Å²) in [7, 11) is 0. The summed E-state index contributed by atoms with van der Waals surface area (Å²) in [4.78, 5) is 9.62. The average molecular weight is 396 g/mol. The highest BCUT2D eigenvalue weighted by molar-refractivity contribution is 6.25. The number of benzene rings is 5. The average Bonchev–Trinajstić information content (AvgIpc) is 2.85. The number of hydrogen-bond donors (Lipinski definition) is 0. The van der Waals surface area contributed by atoms with Gasteiger partial charge in [0.1, 0.15) is 0 Å². The minimum atomic E-state index is 0.753. The van der Waals surface area contributed by atoms with E-state index in [-0.39, 0.29) is 0 Å². The summed E-state index contributed by atoms with van der Waals surface area (Å²) in [6.07, 6.45) is 1.92. The second kappa shape index (κ2) is 7.03. The van der Waals surface area contributed by atoms with Crippen molar-refractivity contribution < 1.29 is 0 Å². The maximum absolute atomic E-state index is 4.95. The fourth-order valence-corrected chi connectivity index (χ4v) is 4.52. The van der Waals surface area contributed by atoms with Crippen molar-refractivity contribution in [2.75, 3.05) is 0 Å². The van der Waals surface area contributed by atoms with Crippen LogP contribution in [-0.4, -0.2) is 9.97 Å². The lowest BCUT2D eigenvalue weighted by molar-refractivity contribution is 1.14. The highest BCUT2D eigenvalue weighted by Crippen LogP contribution is 2.36. The zero-order valence-corrected chi connectivity index (χ0v) is 17.2. The smallest absolute Gasteiger partial charge is 0.159 e. The van der Waals surface area contributed by atoms with E-state index in [0.717, 1.165) is 28.2 Å². The van der Waals surface area contributed by atoms with Crippen molar-refractivity contribution in [2.24, 2.45) is 0 Å². The van der Waals surface area contributed by atoms with Crippen molar-refractivity contribution in [1.29, 1.82) is 0 Å². The van der Waals surface area contributed by atoms with Gasteiger partial charge < -0.3 is 0 Å². The lowest BCUT2D eigenvalue weighted by Gasteiger charge is -2.12. The maximum Gasteiger partial charge on any atom is 0.159 e. The molecule has 6 rings (SSSR count). The molecule has 1 heterocycles. The maximum atomic E-state index is 4.95. The van der Waals surface area contributed by atoms with Gasteiger partial charge in [-0.3, -0.25) is 0 Å². The Morgan fingerprint density at radius 2 is 1.06 bits per heavy atom. The van der Waals surface area contributed by atoms with Gasteiger partial charge in [-0.1, -0.05) is 91.0 Å². The van der Waals surface area contributed by atoms with Crippen LogP contribution in [0.4, 0.5) is 0 Å². The minimum Gasteiger partial charge on any atom is -0.236 e. The zero-order valence-electron chi connectivity index (χ0n) is 17.2. The first-order chi connectivity index (χ1) is 15.3. The summed E-state index contributed by atoms with van der Waals surface area (Å²) >= 11 is 0. The molecule has 0 spiro atoms. The Morgan fingerprint density at radius 1 is 0.516 bits per heavy atom. The molecule has 0 unspecified atom stereocenters.